The summed E-state index contributed by atoms with van der Waals surface area (Å²) in [5.41, 5.74) is 0.319. The van der Waals surface area contributed by atoms with E-state index in [0.29, 0.717) is 31.3 Å². The van der Waals surface area contributed by atoms with Gasteiger partial charge in [-0.2, -0.15) is 0 Å². The van der Waals surface area contributed by atoms with Crippen LogP contribution < -0.4 is 20.7 Å². The number of halogens is 3. The number of aliphatic imine (C=N–C) groups is 1. The molecule has 0 aliphatic heterocycles. The lowest BCUT2D eigenvalue weighted by Crippen LogP contribution is -2.42. The molecular formula is C18H29F2IN4O3. The third-order valence-electron chi connectivity index (χ3n) is 3.04. The van der Waals surface area contributed by atoms with E-state index in [4.69, 9.17) is 9.47 Å². The molecular weight excluding hydrogens is 485 g/mol. The smallest absolute Gasteiger partial charge is 0.407 e. The highest BCUT2D eigenvalue weighted by Gasteiger charge is 2.15. The first-order chi connectivity index (χ1) is 12.7. The van der Waals surface area contributed by atoms with E-state index in [2.05, 4.69) is 20.9 Å². The molecule has 0 spiro atoms. The number of carbonyl (C=O) groups is 1. The molecule has 1 amide bonds. The van der Waals surface area contributed by atoms with Crippen LogP contribution in [-0.4, -0.2) is 50.8 Å². The van der Waals surface area contributed by atoms with Crippen LogP contribution in [-0.2, 0) is 11.3 Å². The molecule has 0 heterocycles. The molecule has 3 N–H and O–H groups in total. The van der Waals surface area contributed by atoms with Gasteiger partial charge in [0, 0.05) is 26.7 Å². The number of benzene rings is 1. The van der Waals surface area contributed by atoms with E-state index in [0.717, 1.165) is 5.56 Å². The SMILES string of the molecule is CN=C(NCCNC(=O)OC(C)(C)C)NCc1cccc(OCC(F)F)c1.I. The fraction of sp³-hybridized carbons (Fsp3) is 0.556. The topological polar surface area (TPSA) is 84.0 Å². The summed E-state index contributed by atoms with van der Waals surface area (Å²) in [6.45, 7) is 6.01. The number of hydrogen-bond donors (Lipinski definition) is 3. The van der Waals surface area contributed by atoms with Crippen LogP contribution in [0.3, 0.4) is 0 Å². The summed E-state index contributed by atoms with van der Waals surface area (Å²) in [6.07, 6.45) is -2.99. The zero-order chi connectivity index (χ0) is 20.3. The highest BCUT2D eigenvalue weighted by atomic mass is 127. The Kier molecular flexibility index (Phi) is 12.5. The summed E-state index contributed by atoms with van der Waals surface area (Å²) in [4.78, 5) is 15.6. The number of ether oxygens (including phenoxy) is 2. The Hall–Kier alpha value is -1.85. The van der Waals surface area contributed by atoms with E-state index >= 15 is 0 Å². The Labute approximate surface area is 181 Å². The third-order valence-corrected chi connectivity index (χ3v) is 3.04. The van der Waals surface area contributed by atoms with Gasteiger partial charge in [0.05, 0.1) is 0 Å². The first kappa shape index (κ1) is 26.1. The fourth-order valence-corrected chi connectivity index (χ4v) is 1.97. The van der Waals surface area contributed by atoms with Crippen molar-refractivity contribution < 1.29 is 23.0 Å². The minimum Gasteiger partial charge on any atom is -0.488 e. The number of alkyl halides is 2. The van der Waals surface area contributed by atoms with Gasteiger partial charge in [0.1, 0.15) is 18.0 Å². The summed E-state index contributed by atoms with van der Waals surface area (Å²) >= 11 is 0. The average molecular weight is 514 g/mol. The van der Waals surface area contributed by atoms with Crippen LogP contribution in [0.1, 0.15) is 26.3 Å². The van der Waals surface area contributed by atoms with Gasteiger partial charge in [0.2, 0.25) is 0 Å². The standard InChI is InChI=1S/C18H28F2N4O3.HI/c1-18(2,3)27-17(25)23-9-8-22-16(21-4)24-11-13-6-5-7-14(10-13)26-12-15(19)20;/h5-7,10,15H,8-9,11-12H2,1-4H3,(H,23,25)(H2,21,22,24);1H. The molecule has 10 heteroatoms. The third kappa shape index (κ3) is 12.5. The molecule has 160 valence electrons. The van der Waals surface area contributed by atoms with Crippen LogP contribution in [0.15, 0.2) is 29.3 Å². The Bertz CT molecular complexity index is 625. The number of guanidine groups is 1. The summed E-state index contributed by atoms with van der Waals surface area (Å²) < 4.78 is 34.5. The number of hydrogen-bond acceptors (Lipinski definition) is 4. The normalized spacial score (nSPS) is 11.5. The van der Waals surface area contributed by atoms with Crippen molar-refractivity contribution in [2.45, 2.75) is 39.3 Å². The lowest BCUT2D eigenvalue weighted by molar-refractivity contribution is 0.0529. The first-order valence-electron chi connectivity index (χ1n) is 8.61. The molecule has 7 nitrogen and oxygen atoms in total. The van der Waals surface area contributed by atoms with E-state index in [1.807, 2.05) is 6.07 Å². The number of amides is 1. The molecule has 0 aromatic heterocycles. The lowest BCUT2D eigenvalue weighted by atomic mass is 10.2. The quantitative estimate of drug-likeness (QED) is 0.215. The van der Waals surface area contributed by atoms with Gasteiger partial charge < -0.3 is 25.4 Å². The van der Waals surface area contributed by atoms with Crippen molar-refractivity contribution in [3.05, 3.63) is 29.8 Å². The molecule has 0 atom stereocenters. The van der Waals surface area contributed by atoms with Crippen molar-refractivity contribution in [1.82, 2.24) is 16.0 Å². The van der Waals surface area contributed by atoms with E-state index in [-0.39, 0.29) is 24.0 Å². The number of nitrogens with one attached hydrogen (secondary N) is 3. The molecule has 0 fully saturated rings. The molecule has 0 aliphatic carbocycles. The second kappa shape index (κ2) is 13.3. The van der Waals surface area contributed by atoms with Crippen molar-refractivity contribution in [2.24, 2.45) is 4.99 Å². The van der Waals surface area contributed by atoms with Crippen LogP contribution in [0.25, 0.3) is 0 Å². The van der Waals surface area contributed by atoms with Gasteiger partial charge in [0.25, 0.3) is 6.43 Å². The van der Waals surface area contributed by atoms with Crippen LogP contribution in [0.2, 0.25) is 0 Å². The summed E-state index contributed by atoms with van der Waals surface area (Å²) in [5.74, 6) is 0.930. The fourth-order valence-electron chi connectivity index (χ4n) is 1.97. The second-order valence-electron chi connectivity index (χ2n) is 6.63. The van der Waals surface area contributed by atoms with Gasteiger partial charge in [-0.3, -0.25) is 4.99 Å². The average Bonchev–Trinajstić information content (AvgIpc) is 2.58. The predicted molar refractivity (Wildman–Crippen MR) is 116 cm³/mol. The maximum Gasteiger partial charge on any atom is 0.407 e. The molecule has 1 rings (SSSR count). The highest BCUT2D eigenvalue weighted by molar-refractivity contribution is 14.0. The van der Waals surface area contributed by atoms with Crippen LogP contribution >= 0.6 is 24.0 Å². The molecule has 0 unspecified atom stereocenters. The van der Waals surface area contributed by atoms with Crippen LogP contribution in [0.5, 0.6) is 5.75 Å². The number of alkyl carbamates (subject to hydrolysis) is 1. The number of carbonyl (C=O) groups excluding carboxylic acids is 1. The predicted octanol–water partition coefficient (Wildman–Crippen LogP) is 3.14. The summed E-state index contributed by atoms with van der Waals surface area (Å²) in [5, 5.41) is 8.78. The van der Waals surface area contributed by atoms with Crippen molar-refractivity contribution >= 4 is 36.0 Å². The largest absolute Gasteiger partial charge is 0.488 e. The number of rotatable bonds is 8. The van der Waals surface area contributed by atoms with Crippen molar-refractivity contribution in [3.8, 4) is 5.75 Å². The van der Waals surface area contributed by atoms with Crippen molar-refractivity contribution in [3.63, 3.8) is 0 Å². The first-order valence-corrected chi connectivity index (χ1v) is 8.61. The van der Waals surface area contributed by atoms with E-state index in [1.165, 1.54) is 0 Å². The summed E-state index contributed by atoms with van der Waals surface area (Å²) in [7, 11) is 1.62. The minimum atomic E-state index is -2.51. The molecule has 0 radical (unpaired) electrons. The zero-order valence-corrected chi connectivity index (χ0v) is 18.9. The van der Waals surface area contributed by atoms with Gasteiger partial charge in [-0.15, -0.1) is 24.0 Å². The van der Waals surface area contributed by atoms with E-state index < -0.39 is 24.7 Å². The van der Waals surface area contributed by atoms with Gasteiger partial charge in [0.15, 0.2) is 5.96 Å². The second-order valence-corrected chi connectivity index (χ2v) is 6.63. The molecule has 0 saturated heterocycles. The minimum absolute atomic E-state index is 0. The van der Waals surface area contributed by atoms with E-state index in [9.17, 15) is 13.6 Å². The Balaban J connectivity index is 0.00000729. The molecule has 1 aromatic carbocycles. The maximum atomic E-state index is 12.2. The highest BCUT2D eigenvalue weighted by Crippen LogP contribution is 2.14. The Morgan fingerprint density at radius 2 is 1.86 bits per heavy atom. The molecule has 28 heavy (non-hydrogen) atoms. The zero-order valence-electron chi connectivity index (χ0n) is 16.6. The van der Waals surface area contributed by atoms with Gasteiger partial charge >= 0.3 is 6.09 Å². The molecule has 0 bridgehead atoms. The van der Waals surface area contributed by atoms with Gasteiger partial charge in [-0.1, -0.05) is 12.1 Å². The Morgan fingerprint density at radius 1 is 1.18 bits per heavy atom. The van der Waals surface area contributed by atoms with Gasteiger partial charge in [-0.25, -0.2) is 13.6 Å². The lowest BCUT2D eigenvalue weighted by Gasteiger charge is -2.20. The monoisotopic (exact) mass is 514 g/mol. The molecule has 0 aliphatic rings. The van der Waals surface area contributed by atoms with Crippen LogP contribution in [0, 0.1) is 0 Å². The van der Waals surface area contributed by atoms with Crippen molar-refractivity contribution in [2.75, 3.05) is 26.7 Å². The van der Waals surface area contributed by atoms with Crippen molar-refractivity contribution in [1.29, 1.82) is 0 Å². The van der Waals surface area contributed by atoms with Crippen LogP contribution in [0.4, 0.5) is 13.6 Å². The molecule has 1 aromatic rings. The Morgan fingerprint density at radius 3 is 2.46 bits per heavy atom. The maximum absolute atomic E-state index is 12.2. The summed E-state index contributed by atoms with van der Waals surface area (Å²) in [6, 6.07) is 6.90. The molecule has 0 saturated carbocycles. The van der Waals surface area contributed by atoms with E-state index in [1.54, 1.807) is 46.0 Å². The number of nitrogens with zero attached hydrogens (tertiary/aromatic N) is 1. The van der Waals surface area contributed by atoms with Gasteiger partial charge in [-0.05, 0) is 38.5 Å².